The van der Waals surface area contributed by atoms with Crippen molar-refractivity contribution < 1.29 is 31.5 Å². The Balaban J connectivity index is 1.55. The first-order valence-corrected chi connectivity index (χ1v) is 13.3. The largest absolute Gasteiger partial charge is 0.481 e. The monoisotopic (exact) mass is 545 g/mol. The molecule has 38 heavy (non-hydrogen) atoms. The standard InChI is InChI=1S/C27H26F3N3O4S/c1-18-23(16-20-3-2-12-31-17-20)24-15-19(4-9-25(24)33(18)14-11-26(34)35)10-13-32-38(36,37)22-7-5-21(6-8-22)27(28,29)30/h2-9,12,15,17,32H,10-11,13-14,16H2,1H3,(H,34,35). The maximum absolute atomic E-state index is 12.8. The number of pyridine rings is 1. The van der Waals surface area contributed by atoms with E-state index in [1.807, 2.05) is 41.8 Å². The number of alkyl halides is 3. The Labute approximate surface area is 218 Å². The molecule has 7 nitrogen and oxygen atoms in total. The highest BCUT2D eigenvalue weighted by Crippen LogP contribution is 2.31. The Morgan fingerprint density at radius 1 is 1.08 bits per heavy atom. The van der Waals surface area contributed by atoms with Crippen LogP contribution in [0.4, 0.5) is 13.2 Å². The number of aliphatic carboxylic acids is 1. The summed E-state index contributed by atoms with van der Waals surface area (Å²) in [6.45, 7) is 2.31. The molecule has 2 N–H and O–H groups in total. The number of carbonyl (C=O) groups is 1. The van der Waals surface area contributed by atoms with Crippen LogP contribution in [-0.4, -0.2) is 35.6 Å². The summed E-state index contributed by atoms with van der Waals surface area (Å²) >= 11 is 0. The van der Waals surface area contributed by atoms with E-state index in [0.717, 1.165) is 57.6 Å². The molecule has 2 aromatic carbocycles. The smallest absolute Gasteiger partial charge is 0.416 e. The molecule has 0 aliphatic heterocycles. The van der Waals surface area contributed by atoms with Crippen LogP contribution < -0.4 is 4.72 Å². The van der Waals surface area contributed by atoms with Gasteiger partial charge in [-0.2, -0.15) is 13.2 Å². The topological polar surface area (TPSA) is 101 Å². The Morgan fingerprint density at radius 3 is 2.45 bits per heavy atom. The molecule has 0 atom stereocenters. The lowest BCUT2D eigenvalue weighted by Crippen LogP contribution is -2.26. The van der Waals surface area contributed by atoms with Crippen LogP contribution in [0, 0.1) is 6.92 Å². The van der Waals surface area contributed by atoms with Crippen molar-refractivity contribution in [3.05, 3.63) is 94.9 Å². The first-order chi connectivity index (χ1) is 18.0. The van der Waals surface area contributed by atoms with Gasteiger partial charge in [0, 0.05) is 48.5 Å². The summed E-state index contributed by atoms with van der Waals surface area (Å²) in [5, 5.41) is 10.1. The summed E-state index contributed by atoms with van der Waals surface area (Å²) in [6.07, 6.45) is -0.155. The zero-order chi connectivity index (χ0) is 27.5. The third kappa shape index (κ3) is 6.22. The van der Waals surface area contributed by atoms with E-state index < -0.39 is 27.7 Å². The summed E-state index contributed by atoms with van der Waals surface area (Å²) in [5.74, 6) is -0.892. The van der Waals surface area contributed by atoms with Crippen molar-refractivity contribution in [3.63, 3.8) is 0 Å². The highest BCUT2D eigenvalue weighted by atomic mass is 32.2. The number of benzene rings is 2. The van der Waals surface area contributed by atoms with Gasteiger partial charge in [0.1, 0.15) is 0 Å². The van der Waals surface area contributed by atoms with Gasteiger partial charge in [0.2, 0.25) is 10.0 Å². The number of nitrogens with one attached hydrogen (secondary N) is 1. The van der Waals surface area contributed by atoms with Crippen molar-refractivity contribution in [1.29, 1.82) is 0 Å². The zero-order valence-corrected chi connectivity index (χ0v) is 21.3. The van der Waals surface area contributed by atoms with Crippen molar-refractivity contribution in [2.75, 3.05) is 6.54 Å². The normalized spacial score (nSPS) is 12.2. The average molecular weight is 546 g/mol. The molecule has 0 bridgehead atoms. The molecule has 0 unspecified atom stereocenters. The number of carboxylic acid groups (broad SMARTS) is 1. The molecule has 0 amide bonds. The molecule has 0 saturated carbocycles. The van der Waals surface area contributed by atoms with Crippen LogP contribution >= 0.6 is 0 Å². The number of halogens is 3. The Hall–Kier alpha value is -3.70. The number of aryl methyl sites for hydroxylation is 1. The van der Waals surface area contributed by atoms with Gasteiger partial charge in [-0.1, -0.05) is 12.1 Å². The first kappa shape index (κ1) is 27.3. The van der Waals surface area contributed by atoms with Crippen molar-refractivity contribution in [3.8, 4) is 0 Å². The number of rotatable bonds is 10. The third-order valence-corrected chi connectivity index (χ3v) is 7.85. The van der Waals surface area contributed by atoms with Crippen LogP contribution in [0.15, 0.2) is 71.9 Å². The molecule has 4 aromatic rings. The Bertz CT molecular complexity index is 1550. The quantitative estimate of drug-likeness (QED) is 0.294. The van der Waals surface area contributed by atoms with Crippen molar-refractivity contribution in [1.82, 2.24) is 14.3 Å². The van der Waals surface area contributed by atoms with E-state index in [4.69, 9.17) is 0 Å². The summed E-state index contributed by atoms with van der Waals surface area (Å²) in [5.41, 5.74) is 3.81. The van der Waals surface area contributed by atoms with E-state index >= 15 is 0 Å². The molecule has 0 aliphatic carbocycles. The van der Waals surface area contributed by atoms with E-state index in [1.54, 1.807) is 12.4 Å². The summed E-state index contributed by atoms with van der Waals surface area (Å²) in [7, 11) is -3.99. The molecule has 0 spiro atoms. The summed E-state index contributed by atoms with van der Waals surface area (Å²) in [4.78, 5) is 15.1. The highest BCUT2D eigenvalue weighted by Gasteiger charge is 2.30. The highest BCUT2D eigenvalue weighted by molar-refractivity contribution is 7.89. The van der Waals surface area contributed by atoms with Gasteiger partial charge in [0.25, 0.3) is 0 Å². The van der Waals surface area contributed by atoms with E-state index in [1.165, 1.54) is 0 Å². The molecule has 0 saturated heterocycles. The summed E-state index contributed by atoms with van der Waals surface area (Å²) in [6, 6.07) is 12.9. The minimum Gasteiger partial charge on any atom is -0.481 e. The fraction of sp³-hybridized carbons (Fsp3) is 0.259. The van der Waals surface area contributed by atoms with E-state index in [9.17, 15) is 31.5 Å². The number of sulfonamides is 1. The number of fused-ring (bicyclic) bond motifs is 1. The van der Waals surface area contributed by atoms with Gasteiger partial charge in [0.05, 0.1) is 16.9 Å². The van der Waals surface area contributed by atoms with Gasteiger partial charge in [-0.25, -0.2) is 13.1 Å². The molecule has 0 radical (unpaired) electrons. The van der Waals surface area contributed by atoms with Gasteiger partial charge >= 0.3 is 12.1 Å². The minimum atomic E-state index is -4.55. The van der Waals surface area contributed by atoms with E-state index in [2.05, 4.69) is 9.71 Å². The minimum absolute atomic E-state index is 0.0234. The van der Waals surface area contributed by atoms with Gasteiger partial charge < -0.3 is 9.67 Å². The fourth-order valence-electron chi connectivity index (χ4n) is 4.42. The molecular weight excluding hydrogens is 519 g/mol. The first-order valence-electron chi connectivity index (χ1n) is 11.8. The van der Waals surface area contributed by atoms with Crippen molar-refractivity contribution >= 4 is 26.9 Å². The van der Waals surface area contributed by atoms with Crippen LogP contribution in [0.2, 0.25) is 0 Å². The lowest BCUT2D eigenvalue weighted by atomic mass is 10.0. The predicted molar refractivity (Wildman–Crippen MR) is 136 cm³/mol. The zero-order valence-electron chi connectivity index (χ0n) is 20.5. The summed E-state index contributed by atoms with van der Waals surface area (Å²) < 4.78 is 67.9. The number of carboxylic acids is 1. The second-order valence-electron chi connectivity index (χ2n) is 8.92. The molecule has 2 aromatic heterocycles. The van der Waals surface area contributed by atoms with Gasteiger partial charge in [-0.05, 0) is 72.5 Å². The molecule has 0 fully saturated rings. The molecule has 4 rings (SSSR count). The lowest BCUT2D eigenvalue weighted by Gasteiger charge is -2.10. The van der Waals surface area contributed by atoms with E-state index in [-0.39, 0.29) is 17.9 Å². The maximum Gasteiger partial charge on any atom is 0.416 e. The Kier molecular flexibility index (Phi) is 7.89. The van der Waals surface area contributed by atoms with Crippen LogP contribution in [0.25, 0.3) is 10.9 Å². The fourth-order valence-corrected chi connectivity index (χ4v) is 5.45. The molecule has 0 aliphatic rings. The van der Waals surface area contributed by atoms with Crippen LogP contribution in [0.3, 0.4) is 0 Å². The maximum atomic E-state index is 12.8. The number of hydrogen-bond donors (Lipinski definition) is 2. The van der Waals surface area contributed by atoms with Crippen LogP contribution in [-0.2, 0) is 40.4 Å². The van der Waals surface area contributed by atoms with Gasteiger partial charge in [-0.15, -0.1) is 0 Å². The SMILES string of the molecule is Cc1c(Cc2cccnc2)c2cc(CCNS(=O)(=O)c3ccc(C(F)(F)F)cc3)ccc2n1CCC(=O)O. The van der Waals surface area contributed by atoms with Gasteiger partial charge in [-0.3, -0.25) is 9.78 Å². The lowest BCUT2D eigenvalue weighted by molar-refractivity contribution is -0.138. The second kappa shape index (κ2) is 11.0. The number of nitrogens with zero attached hydrogens (tertiary/aromatic N) is 2. The molecule has 200 valence electrons. The number of aromatic nitrogens is 2. The van der Waals surface area contributed by atoms with Crippen molar-refractivity contribution in [2.24, 2.45) is 0 Å². The number of hydrogen-bond acceptors (Lipinski definition) is 4. The van der Waals surface area contributed by atoms with E-state index in [0.29, 0.717) is 19.4 Å². The molecule has 2 heterocycles. The average Bonchev–Trinajstić information content (AvgIpc) is 3.12. The van der Waals surface area contributed by atoms with Gasteiger partial charge in [0.15, 0.2) is 0 Å². The predicted octanol–water partition coefficient (Wildman–Crippen LogP) is 4.95. The Morgan fingerprint density at radius 2 is 1.82 bits per heavy atom. The van der Waals surface area contributed by atoms with Crippen LogP contribution in [0.5, 0.6) is 0 Å². The molecular formula is C27H26F3N3O4S. The van der Waals surface area contributed by atoms with Crippen LogP contribution in [0.1, 0.15) is 34.4 Å². The third-order valence-electron chi connectivity index (χ3n) is 6.37. The second-order valence-corrected chi connectivity index (χ2v) is 10.7. The van der Waals surface area contributed by atoms with Crippen molar-refractivity contribution in [2.45, 2.75) is 43.8 Å². The molecule has 11 heteroatoms.